The average molecular weight is 299 g/mol. The van der Waals surface area contributed by atoms with Crippen molar-refractivity contribution in [3.05, 3.63) is 23.8 Å². The first kappa shape index (κ1) is 17.0. The Morgan fingerprint density at radius 1 is 1.30 bits per heavy atom. The van der Waals surface area contributed by atoms with Gasteiger partial charge in [-0.15, -0.1) is 0 Å². The summed E-state index contributed by atoms with van der Waals surface area (Å²) in [5, 5.41) is 0. The van der Waals surface area contributed by atoms with Crippen LogP contribution in [0.5, 0.6) is 5.75 Å². The van der Waals surface area contributed by atoms with Crippen molar-refractivity contribution in [1.82, 2.24) is 4.72 Å². The van der Waals surface area contributed by atoms with E-state index in [1.165, 1.54) is 0 Å². The summed E-state index contributed by atoms with van der Waals surface area (Å²) < 4.78 is 32.7. The molecule has 4 nitrogen and oxygen atoms in total. The highest BCUT2D eigenvalue weighted by Crippen LogP contribution is 2.33. The van der Waals surface area contributed by atoms with Crippen molar-refractivity contribution in [3.8, 4) is 5.75 Å². The van der Waals surface area contributed by atoms with Crippen LogP contribution in [-0.2, 0) is 15.4 Å². The molecule has 114 valence electrons. The minimum absolute atomic E-state index is 0.0832. The summed E-state index contributed by atoms with van der Waals surface area (Å²) in [5.74, 6) is 0.708. The fraction of sp³-hybridized carbons (Fsp3) is 0.600. The van der Waals surface area contributed by atoms with Gasteiger partial charge >= 0.3 is 0 Å². The monoisotopic (exact) mass is 299 g/mol. The van der Waals surface area contributed by atoms with Gasteiger partial charge in [-0.1, -0.05) is 27.7 Å². The topological polar surface area (TPSA) is 55.4 Å². The molecule has 0 saturated heterocycles. The molecule has 0 spiro atoms. The third kappa shape index (κ3) is 3.96. The van der Waals surface area contributed by atoms with E-state index < -0.39 is 10.0 Å². The van der Waals surface area contributed by atoms with E-state index in [0.717, 1.165) is 12.0 Å². The Balaban J connectivity index is 3.28. The van der Waals surface area contributed by atoms with E-state index >= 15 is 0 Å². The number of sulfonamides is 1. The van der Waals surface area contributed by atoms with Gasteiger partial charge in [0.05, 0.1) is 12.0 Å². The summed E-state index contributed by atoms with van der Waals surface area (Å²) in [5.41, 5.74) is 0.694. The predicted octanol–water partition coefficient (Wildman–Crippen LogP) is 3.07. The van der Waals surface area contributed by atoms with E-state index in [4.69, 9.17) is 4.74 Å². The highest BCUT2D eigenvalue weighted by molar-refractivity contribution is 7.89. The van der Waals surface area contributed by atoms with Crippen molar-refractivity contribution in [1.29, 1.82) is 0 Å². The molecule has 1 unspecified atom stereocenters. The van der Waals surface area contributed by atoms with Gasteiger partial charge in [-0.05, 0) is 37.0 Å². The molecule has 5 heteroatoms. The third-order valence-electron chi connectivity index (χ3n) is 3.26. The van der Waals surface area contributed by atoms with Gasteiger partial charge in [-0.3, -0.25) is 0 Å². The van der Waals surface area contributed by atoms with Gasteiger partial charge in [0.25, 0.3) is 0 Å². The molecule has 1 N–H and O–H groups in total. The van der Waals surface area contributed by atoms with E-state index in [-0.39, 0.29) is 16.4 Å². The molecule has 0 fully saturated rings. The molecule has 0 bridgehead atoms. The lowest BCUT2D eigenvalue weighted by Gasteiger charge is -2.23. The predicted molar refractivity (Wildman–Crippen MR) is 81.8 cm³/mol. The number of hydrogen-bond donors (Lipinski definition) is 1. The Bertz CT molecular complexity index is 559. The maximum atomic E-state index is 12.3. The Labute approximate surface area is 122 Å². The molecule has 0 heterocycles. The van der Waals surface area contributed by atoms with Gasteiger partial charge in [-0.2, -0.15) is 0 Å². The van der Waals surface area contributed by atoms with Gasteiger partial charge in [-0.25, -0.2) is 13.1 Å². The molecule has 0 aliphatic heterocycles. The lowest BCUT2D eigenvalue weighted by molar-refractivity contribution is 0.397. The van der Waals surface area contributed by atoms with Crippen LogP contribution in [-0.4, -0.2) is 21.6 Å². The van der Waals surface area contributed by atoms with Crippen molar-refractivity contribution in [2.24, 2.45) is 0 Å². The first-order valence-corrected chi connectivity index (χ1v) is 8.31. The summed E-state index contributed by atoms with van der Waals surface area (Å²) in [6.07, 6.45) is 0.752. The molecule has 1 rings (SSSR count). The minimum atomic E-state index is -3.48. The van der Waals surface area contributed by atoms with Crippen LogP contribution in [0.4, 0.5) is 0 Å². The van der Waals surface area contributed by atoms with Gasteiger partial charge in [0.2, 0.25) is 10.0 Å². The maximum absolute atomic E-state index is 12.3. The Kier molecular flexibility index (Phi) is 5.21. The number of nitrogens with one attached hydrogen (secondary N) is 1. The van der Waals surface area contributed by atoms with Crippen molar-refractivity contribution >= 4 is 10.0 Å². The summed E-state index contributed by atoms with van der Waals surface area (Å²) in [4.78, 5) is 0.281. The average Bonchev–Trinajstić information content (AvgIpc) is 2.36. The summed E-state index contributed by atoms with van der Waals surface area (Å²) >= 11 is 0. The summed E-state index contributed by atoms with van der Waals surface area (Å²) in [6.45, 7) is 9.89. The largest absolute Gasteiger partial charge is 0.496 e. The van der Waals surface area contributed by atoms with Crippen LogP contribution in [0, 0.1) is 0 Å². The van der Waals surface area contributed by atoms with E-state index in [1.807, 2.05) is 34.6 Å². The first-order valence-electron chi connectivity index (χ1n) is 6.82. The lowest BCUT2D eigenvalue weighted by Crippen LogP contribution is -2.32. The highest BCUT2D eigenvalue weighted by atomic mass is 32.2. The smallest absolute Gasteiger partial charge is 0.240 e. The lowest BCUT2D eigenvalue weighted by atomic mass is 9.86. The van der Waals surface area contributed by atoms with Gasteiger partial charge in [0, 0.05) is 11.6 Å². The Morgan fingerprint density at radius 2 is 1.90 bits per heavy atom. The summed E-state index contributed by atoms with van der Waals surface area (Å²) in [7, 11) is -1.89. The molecule has 0 aliphatic rings. The summed E-state index contributed by atoms with van der Waals surface area (Å²) in [6, 6.07) is 4.91. The number of benzene rings is 1. The number of ether oxygens (including phenoxy) is 1. The molecule has 0 radical (unpaired) electrons. The second-order valence-corrected chi connectivity index (χ2v) is 7.76. The minimum Gasteiger partial charge on any atom is -0.496 e. The van der Waals surface area contributed by atoms with Gasteiger partial charge in [0.1, 0.15) is 5.75 Å². The Hall–Kier alpha value is -1.07. The zero-order valence-corrected chi connectivity index (χ0v) is 14.0. The van der Waals surface area contributed by atoms with Gasteiger partial charge < -0.3 is 4.74 Å². The van der Waals surface area contributed by atoms with Crippen LogP contribution >= 0.6 is 0 Å². The molecule has 20 heavy (non-hydrogen) atoms. The zero-order chi connectivity index (χ0) is 15.6. The van der Waals surface area contributed by atoms with E-state index in [1.54, 1.807) is 25.3 Å². The molecule has 0 amide bonds. The van der Waals surface area contributed by atoms with E-state index in [0.29, 0.717) is 5.75 Å². The SMILES string of the molecule is CCC(C)NS(=O)(=O)c1ccc(OC)c(C(C)(C)C)c1. The molecule has 0 saturated carbocycles. The second-order valence-electron chi connectivity index (χ2n) is 6.04. The third-order valence-corrected chi connectivity index (χ3v) is 4.85. The normalized spacial score (nSPS) is 14.1. The van der Waals surface area contributed by atoms with E-state index in [9.17, 15) is 8.42 Å². The number of methoxy groups -OCH3 is 1. The van der Waals surface area contributed by atoms with Crippen LogP contribution in [0.1, 0.15) is 46.6 Å². The zero-order valence-electron chi connectivity index (χ0n) is 13.1. The Morgan fingerprint density at radius 3 is 2.35 bits per heavy atom. The molecular weight excluding hydrogens is 274 g/mol. The van der Waals surface area contributed by atoms with Crippen LogP contribution in [0.3, 0.4) is 0 Å². The van der Waals surface area contributed by atoms with Crippen LogP contribution < -0.4 is 9.46 Å². The van der Waals surface area contributed by atoms with Crippen LogP contribution in [0.15, 0.2) is 23.1 Å². The molecule has 1 aromatic rings. The van der Waals surface area contributed by atoms with E-state index in [2.05, 4.69) is 4.72 Å². The van der Waals surface area contributed by atoms with Crippen molar-refractivity contribution in [2.75, 3.05) is 7.11 Å². The standard InChI is InChI=1S/C15H25NO3S/c1-7-11(2)16-20(17,18)12-8-9-14(19-6)13(10-12)15(3,4)5/h8-11,16H,7H2,1-6H3. The second kappa shape index (κ2) is 6.14. The molecule has 0 aromatic heterocycles. The maximum Gasteiger partial charge on any atom is 0.240 e. The quantitative estimate of drug-likeness (QED) is 0.909. The first-order chi connectivity index (χ1) is 9.11. The van der Waals surface area contributed by atoms with Crippen LogP contribution in [0.2, 0.25) is 0 Å². The molecule has 1 atom stereocenters. The molecule has 1 aromatic carbocycles. The van der Waals surface area contributed by atoms with Crippen molar-refractivity contribution < 1.29 is 13.2 Å². The van der Waals surface area contributed by atoms with Gasteiger partial charge in [0.15, 0.2) is 0 Å². The fourth-order valence-electron chi connectivity index (χ4n) is 1.86. The highest BCUT2D eigenvalue weighted by Gasteiger charge is 2.23. The number of hydrogen-bond acceptors (Lipinski definition) is 3. The van der Waals surface area contributed by atoms with Crippen molar-refractivity contribution in [2.45, 2.75) is 57.4 Å². The number of rotatable bonds is 5. The molecule has 0 aliphatic carbocycles. The molecular formula is C15H25NO3S. The van der Waals surface area contributed by atoms with Crippen molar-refractivity contribution in [3.63, 3.8) is 0 Å². The van der Waals surface area contributed by atoms with Crippen LogP contribution in [0.25, 0.3) is 0 Å². The fourth-order valence-corrected chi connectivity index (χ4v) is 3.21.